The molecular weight excluding hydrogens is 374 g/mol. The Labute approximate surface area is 132 Å². The summed E-state index contributed by atoms with van der Waals surface area (Å²) >= 11 is 9.06. The summed E-state index contributed by atoms with van der Waals surface area (Å²) in [7, 11) is 0. The minimum atomic E-state index is -4.60. The van der Waals surface area contributed by atoms with Gasteiger partial charge in [0.2, 0.25) is 0 Å². The first-order valence-electron chi connectivity index (χ1n) is 5.82. The second kappa shape index (κ2) is 6.23. The van der Waals surface area contributed by atoms with Crippen LogP contribution in [0.2, 0.25) is 5.02 Å². The van der Waals surface area contributed by atoms with Crippen molar-refractivity contribution in [3.05, 3.63) is 62.8 Å². The Hall–Kier alpha value is -1.27. The molecule has 0 saturated heterocycles. The molecule has 1 N–H and O–H groups in total. The van der Waals surface area contributed by atoms with Crippen LogP contribution in [0, 0.1) is 5.82 Å². The van der Waals surface area contributed by atoms with Crippen molar-refractivity contribution in [3.8, 4) is 0 Å². The number of anilines is 1. The van der Waals surface area contributed by atoms with Crippen LogP contribution < -0.4 is 5.32 Å². The summed E-state index contributed by atoms with van der Waals surface area (Å²) in [5, 5.41) is 3.35. The van der Waals surface area contributed by atoms with Crippen LogP contribution in [0.4, 0.5) is 23.2 Å². The third-order valence-electron chi connectivity index (χ3n) is 2.78. The lowest BCUT2D eigenvalue weighted by molar-refractivity contribution is -0.138. The van der Waals surface area contributed by atoms with Gasteiger partial charge in [0.25, 0.3) is 0 Å². The first-order chi connectivity index (χ1) is 9.77. The Balaban J connectivity index is 2.22. The molecule has 7 heteroatoms. The van der Waals surface area contributed by atoms with Crippen molar-refractivity contribution in [2.75, 3.05) is 5.32 Å². The Bertz CT molecular complexity index is 658. The van der Waals surface area contributed by atoms with Crippen LogP contribution in [0.5, 0.6) is 0 Å². The van der Waals surface area contributed by atoms with E-state index < -0.39 is 17.6 Å². The van der Waals surface area contributed by atoms with Crippen molar-refractivity contribution in [1.82, 2.24) is 0 Å². The SMILES string of the molecule is Fc1ccc(CNc2ccc(Cl)c(Br)c2)c(C(F)(F)F)c1. The maximum Gasteiger partial charge on any atom is 0.416 e. The molecule has 2 rings (SSSR count). The second-order valence-electron chi connectivity index (χ2n) is 4.28. The topological polar surface area (TPSA) is 12.0 Å². The largest absolute Gasteiger partial charge is 0.416 e. The van der Waals surface area contributed by atoms with E-state index in [1.807, 2.05) is 0 Å². The van der Waals surface area contributed by atoms with Gasteiger partial charge < -0.3 is 5.32 Å². The van der Waals surface area contributed by atoms with Crippen LogP contribution in [-0.2, 0) is 12.7 Å². The van der Waals surface area contributed by atoms with E-state index >= 15 is 0 Å². The zero-order valence-electron chi connectivity index (χ0n) is 10.4. The summed E-state index contributed by atoms with van der Waals surface area (Å²) in [6.45, 7) is -0.0802. The maximum absolute atomic E-state index is 13.0. The van der Waals surface area contributed by atoms with E-state index in [0.29, 0.717) is 21.2 Å². The van der Waals surface area contributed by atoms with Gasteiger partial charge in [-0.1, -0.05) is 17.7 Å². The van der Waals surface area contributed by atoms with Gasteiger partial charge in [0.15, 0.2) is 0 Å². The Kier molecular flexibility index (Phi) is 4.78. The molecular formula is C14H9BrClF4N. The van der Waals surface area contributed by atoms with Crippen molar-refractivity contribution >= 4 is 33.2 Å². The van der Waals surface area contributed by atoms with Crippen molar-refractivity contribution in [2.24, 2.45) is 0 Å². The van der Waals surface area contributed by atoms with Gasteiger partial charge in [0.05, 0.1) is 10.6 Å². The van der Waals surface area contributed by atoms with E-state index in [1.54, 1.807) is 18.2 Å². The van der Waals surface area contributed by atoms with Crippen molar-refractivity contribution in [2.45, 2.75) is 12.7 Å². The van der Waals surface area contributed by atoms with E-state index in [9.17, 15) is 17.6 Å². The quantitative estimate of drug-likeness (QED) is 0.654. The molecule has 0 fully saturated rings. The number of hydrogen-bond donors (Lipinski definition) is 1. The molecule has 0 aliphatic carbocycles. The normalized spacial score (nSPS) is 11.5. The third-order valence-corrected chi connectivity index (χ3v) is 3.99. The van der Waals surface area contributed by atoms with E-state index in [4.69, 9.17) is 11.6 Å². The summed E-state index contributed by atoms with van der Waals surface area (Å²) in [6, 6.07) is 7.53. The highest BCUT2D eigenvalue weighted by molar-refractivity contribution is 9.10. The summed E-state index contributed by atoms with van der Waals surface area (Å²) in [5.74, 6) is -0.916. The second-order valence-corrected chi connectivity index (χ2v) is 5.54. The molecule has 0 heterocycles. The molecule has 0 aromatic heterocycles. The van der Waals surface area contributed by atoms with Crippen LogP contribution in [0.1, 0.15) is 11.1 Å². The van der Waals surface area contributed by atoms with Gasteiger partial charge >= 0.3 is 6.18 Å². The third kappa shape index (κ3) is 4.11. The van der Waals surface area contributed by atoms with Gasteiger partial charge in [-0.25, -0.2) is 4.39 Å². The molecule has 0 radical (unpaired) electrons. The zero-order valence-corrected chi connectivity index (χ0v) is 12.8. The molecule has 112 valence electrons. The molecule has 2 aromatic carbocycles. The van der Waals surface area contributed by atoms with Gasteiger partial charge in [-0.2, -0.15) is 13.2 Å². The molecule has 0 unspecified atom stereocenters. The average Bonchev–Trinajstić information content (AvgIpc) is 2.40. The molecule has 0 aliphatic rings. The number of rotatable bonds is 3. The monoisotopic (exact) mass is 381 g/mol. The maximum atomic E-state index is 13.0. The van der Waals surface area contributed by atoms with E-state index in [0.717, 1.165) is 12.1 Å². The number of hydrogen-bond acceptors (Lipinski definition) is 1. The first kappa shape index (κ1) is 16.1. The van der Waals surface area contributed by atoms with Gasteiger partial charge in [-0.05, 0) is 51.8 Å². The summed E-state index contributed by atoms with van der Waals surface area (Å²) in [5.41, 5.74) is -0.415. The molecule has 1 nitrogen and oxygen atoms in total. The number of alkyl halides is 3. The van der Waals surface area contributed by atoms with E-state index in [2.05, 4.69) is 21.2 Å². The fraction of sp³-hybridized carbons (Fsp3) is 0.143. The highest BCUT2D eigenvalue weighted by atomic mass is 79.9. The minimum absolute atomic E-state index is 0.0324. The standard InChI is InChI=1S/C14H9BrClF4N/c15-12-6-10(3-4-13(12)16)21-7-8-1-2-9(17)5-11(8)14(18,19)20/h1-6,21H,7H2. The number of nitrogens with one attached hydrogen (secondary N) is 1. The lowest BCUT2D eigenvalue weighted by Gasteiger charge is -2.14. The fourth-order valence-electron chi connectivity index (χ4n) is 1.77. The van der Waals surface area contributed by atoms with Crippen molar-refractivity contribution in [3.63, 3.8) is 0 Å². The zero-order chi connectivity index (χ0) is 15.6. The minimum Gasteiger partial charge on any atom is -0.381 e. The molecule has 0 saturated carbocycles. The summed E-state index contributed by atoms with van der Waals surface area (Å²) in [4.78, 5) is 0. The summed E-state index contributed by atoms with van der Waals surface area (Å²) in [6.07, 6.45) is -4.60. The molecule has 0 spiro atoms. The predicted molar refractivity (Wildman–Crippen MR) is 77.9 cm³/mol. The van der Waals surface area contributed by atoms with Crippen LogP contribution in [0.3, 0.4) is 0 Å². The molecule has 2 aromatic rings. The predicted octanol–water partition coefficient (Wildman–Crippen LogP) is 5.87. The number of halogens is 6. The van der Waals surface area contributed by atoms with E-state index in [-0.39, 0.29) is 12.1 Å². The van der Waals surface area contributed by atoms with Crippen LogP contribution >= 0.6 is 27.5 Å². The number of benzene rings is 2. The van der Waals surface area contributed by atoms with Crippen LogP contribution in [0.25, 0.3) is 0 Å². The van der Waals surface area contributed by atoms with Crippen molar-refractivity contribution < 1.29 is 17.6 Å². The Morgan fingerprint density at radius 3 is 2.43 bits per heavy atom. The fourth-order valence-corrected chi connectivity index (χ4v) is 2.27. The van der Waals surface area contributed by atoms with Crippen LogP contribution in [0.15, 0.2) is 40.9 Å². The summed E-state index contributed by atoms with van der Waals surface area (Å²) < 4.78 is 52.2. The van der Waals surface area contributed by atoms with Gasteiger partial charge in [0, 0.05) is 16.7 Å². The lowest BCUT2D eigenvalue weighted by Crippen LogP contribution is -2.12. The molecule has 0 aliphatic heterocycles. The Morgan fingerprint density at radius 2 is 1.81 bits per heavy atom. The molecule has 0 amide bonds. The molecule has 21 heavy (non-hydrogen) atoms. The Morgan fingerprint density at radius 1 is 1.10 bits per heavy atom. The van der Waals surface area contributed by atoms with Gasteiger partial charge in [-0.3, -0.25) is 0 Å². The van der Waals surface area contributed by atoms with E-state index in [1.165, 1.54) is 0 Å². The van der Waals surface area contributed by atoms with Gasteiger partial charge in [0.1, 0.15) is 5.82 Å². The smallest absolute Gasteiger partial charge is 0.381 e. The highest BCUT2D eigenvalue weighted by Gasteiger charge is 2.33. The average molecular weight is 383 g/mol. The highest BCUT2D eigenvalue weighted by Crippen LogP contribution is 2.33. The van der Waals surface area contributed by atoms with Crippen LogP contribution in [-0.4, -0.2) is 0 Å². The van der Waals surface area contributed by atoms with Crippen molar-refractivity contribution in [1.29, 1.82) is 0 Å². The first-order valence-corrected chi connectivity index (χ1v) is 6.99. The van der Waals surface area contributed by atoms with Gasteiger partial charge in [-0.15, -0.1) is 0 Å². The molecule has 0 atom stereocenters. The lowest BCUT2D eigenvalue weighted by atomic mass is 10.1. The molecule has 0 bridgehead atoms.